The highest BCUT2D eigenvalue weighted by molar-refractivity contribution is 5.37. The fraction of sp³-hybridized carbons (Fsp3) is 0.625. The molecule has 0 amide bonds. The minimum absolute atomic E-state index is 0.271. The molecule has 0 saturated heterocycles. The smallest absolute Gasteiger partial charge is 0.272 e. The molecule has 0 aromatic carbocycles. The second kappa shape index (κ2) is 2.09. The van der Waals surface area contributed by atoms with Gasteiger partial charge in [-0.25, -0.2) is 8.78 Å². The summed E-state index contributed by atoms with van der Waals surface area (Å²) < 4.78 is 27.3. The molecule has 2 N–H and O–H groups in total. The summed E-state index contributed by atoms with van der Waals surface area (Å²) in [5.41, 5.74) is 5.26. The van der Waals surface area contributed by atoms with E-state index in [1.54, 1.807) is 18.7 Å². The highest BCUT2D eigenvalue weighted by atomic mass is 19.3. The first-order valence-corrected chi connectivity index (χ1v) is 4.04. The highest BCUT2D eigenvalue weighted by Gasteiger charge is 2.70. The zero-order valence-corrected chi connectivity index (χ0v) is 7.51. The average molecular weight is 187 g/mol. The molecular formula is C8H11F2N3. The molecule has 1 fully saturated rings. The minimum atomic E-state index is -2.76. The van der Waals surface area contributed by atoms with Crippen molar-refractivity contribution in [3.63, 3.8) is 0 Å². The molecular weight excluding hydrogens is 176 g/mol. The number of alkyl halides is 2. The van der Waals surface area contributed by atoms with Crippen LogP contribution in [0.2, 0.25) is 0 Å². The van der Waals surface area contributed by atoms with Crippen molar-refractivity contribution in [2.75, 3.05) is 0 Å². The first-order valence-electron chi connectivity index (χ1n) is 4.04. The van der Waals surface area contributed by atoms with Crippen molar-refractivity contribution in [2.45, 2.75) is 24.8 Å². The summed E-state index contributed by atoms with van der Waals surface area (Å²) >= 11 is 0. The summed E-state index contributed by atoms with van der Waals surface area (Å²) in [5.74, 6) is -2.76. The Morgan fingerprint density at radius 2 is 2.15 bits per heavy atom. The second-order valence-electron chi connectivity index (χ2n) is 3.62. The lowest BCUT2D eigenvalue weighted by molar-refractivity contribution is 0.0889. The number of hydrogen-bond acceptors (Lipinski definition) is 2. The van der Waals surface area contributed by atoms with Crippen LogP contribution in [-0.4, -0.2) is 15.7 Å². The van der Waals surface area contributed by atoms with Gasteiger partial charge in [0.1, 0.15) is 5.54 Å². The largest absolute Gasteiger partial charge is 0.316 e. The third-order valence-electron chi connectivity index (χ3n) is 2.74. The van der Waals surface area contributed by atoms with Crippen LogP contribution in [0, 0.1) is 6.92 Å². The predicted molar refractivity (Wildman–Crippen MR) is 43.4 cm³/mol. The molecule has 1 aromatic heterocycles. The zero-order chi connectivity index (χ0) is 9.85. The van der Waals surface area contributed by atoms with Gasteiger partial charge in [0, 0.05) is 24.7 Å². The number of aryl methyl sites for hydroxylation is 1. The number of halogens is 2. The Labute approximate surface area is 74.5 Å². The first kappa shape index (κ1) is 8.62. The lowest BCUT2D eigenvalue weighted by Crippen LogP contribution is -2.27. The van der Waals surface area contributed by atoms with Crippen molar-refractivity contribution in [2.24, 2.45) is 12.8 Å². The van der Waals surface area contributed by atoms with Gasteiger partial charge >= 0.3 is 0 Å². The van der Waals surface area contributed by atoms with Gasteiger partial charge in [-0.3, -0.25) is 4.68 Å². The molecule has 1 heterocycles. The van der Waals surface area contributed by atoms with Crippen molar-refractivity contribution in [1.82, 2.24) is 9.78 Å². The number of hydrogen-bond donors (Lipinski definition) is 1. The zero-order valence-electron chi connectivity index (χ0n) is 7.51. The number of nitrogens with two attached hydrogens (primary N) is 1. The molecule has 1 atom stereocenters. The summed E-state index contributed by atoms with van der Waals surface area (Å²) in [7, 11) is 1.71. The number of rotatable bonds is 1. The maximum Gasteiger partial charge on any atom is 0.272 e. The van der Waals surface area contributed by atoms with Crippen LogP contribution < -0.4 is 5.73 Å². The van der Waals surface area contributed by atoms with Gasteiger partial charge in [-0.2, -0.15) is 5.10 Å². The van der Waals surface area contributed by atoms with E-state index in [2.05, 4.69) is 5.10 Å². The molecule has 1 saturated carbocycles. The summed E-state index contributed by atoms with van der Waals surface area (Å²) in [4.78, 5) is 0. The third-order valence-corrected chi connectivity index (χ3v) is 2.74. The van der Waals surface area contributed by atoms with Crippen molar-refractivity contribution in [3.05, 3.63) is 17.5 Å². The molecule has 0 radical (unpaired) electrons. The van der Waals surface area contributed by atoms with Crippen molar-refractivity contribution < 1.29 is 8.78 Å². The van der Waals surface area contributed by atoms with Crippen LogP contribution in [0.25, 0.3) is 0 Å². The molecule has 13 heavy (non-hydrogen) atoms. The van der Waals surface area contributed by atoms with Crippen molar-refractivity contribution in [3.8, 4) is 0 Å². The van der Waals surface area contributed by atoms with Crippen LogP contribution in [0.5, 0.6) is 0 Å². The minimum Gasteiger partial charge on any atom is -0.316 e. The average Bonchev–Trinajstić information content (AvgIpc) is 2.35. The molecule has 1 aromatic rings. The standard InChI is InChI=1S/C8H11F2N3/c1-5-6(3-12-13(5)2)7(11)4-8(7,9)10/h3H,4,11H2,1-2H3. The maximum atomic E-state index is 12.9. The van der Waals surface area contributed by atoms with E-state index in [4.69, 9.17) is 5.73 Å². The lowest BCUT2D eigenvalue weighted by atomic mass is 10.1. The molecule has 1 unspecified atom stereocenters. The first-order chi connectivity index (χ1) is 5.88. The summed E-state index contributed by atoms with van der Waals surface area (Å²) in [6.07, 6.45) is 1.16. The van der Waals surface area contributed by atoms with Crippen LogP contribution in [0.15, 0.2) is 6.20 Å². The molecule has 0 aliphatic heterocycles. The molecule has 72 valence electrons. The van der Waals surface area contributed by atoms with Gasteiger partial charge in [0.25, 0.3) is 5.92 Å². The molecule has 1 aliphatic rings. The monoisotopic (exact) mass is 187 g/mol. The maximum absolute atomic E-state index is 12.9. The SMILES string of the molecule is Cc1c(C2(N)CC2(F)F)cnn1C. The van der Waals surface area contributed by atoms with Crippen molar-refractivity contribution in [1.29, 1.82) is 0 Å². The van der Waals surface area contributed by atoms with Gasteiger partial charge in [-0.15, -0.1) is 0 Å². The number of nitrogens with zero attached hydrogens (tertiary/aromatic N) is 2. The van der Waals surface area contributed by atoms with Gasteiger partial charge in [0.05, 0.1) is 6.20 Å². The van der Waals surface area contributed by atoms with E-state index in [0.29, 0.717) is 11.3 Å². The molecule has 2 rings (SSSR count). The predicted octanol–water partition coefficient (Wildman–Crippen LogP) is 0.922. The van der Waals surface area contributed by atoms with E-state index < -0.39 is 11.5 Å². The summed E-state index contributed by atoms with van der Waals surface area (Å²) in [6, 6.07) is 0. The van der Waals surface area contributed by atoms with E-state index in [0.717, 1.165) is 0 Å². The van der Waals surface area contributed by atoms with E-state index in [9.17, 15) is 8.78 Å². The Morgan fingerprint density at radius 3 is 2.46 bits per heavy atom. The fourth-order valence-corrected chi connectivity index (χ4v) is 1.53. The topological polar surface area (TPSA) is 43.8 Å². The summed E-state index contributed by atoms with van der Waals surface area (Å²) in [5, 5.41) is 3.89. The molecule has 1 aliphatic carbocycles. The highest BCUT2D eigenvalue weighted by Crippen LogP contribution is 2.57. The Kier molecular flexibility index (Phi) is 1.39. The number of aromatic nitrogens is 2. The van der Waals surface area contributed by atoms with Gasteiger partial charge in [0.2, 0.25) is 0 Å². The van der Waals surface area contributed by atoms with Crippen LogP contribution >= 0.6 is 0 Å². The Hall–Kier alpha value is -0.970. The van der Waals surface area contributed by atoms with Crippen LogP contribution in [0.3, 0.4) is 0 Å². The Bertz CT molecular complexity index is 358. The lowest BCUT2D eigenvalue weighted by Gasteiger charge is -2.09. The van der Waals surface area contributed by atoms with Gasteiger partial charge in [-0.05, 0) is 6.92 Å². The molecule has 3 nitrogen and oxygen atoms in total. The van der Waals surface area contributed by atoms with Crippen LogP contribution in [0.4, 0.5) is 8.78 Å². The molecule has 5 heteroatoms. The fourth-order valence-electron chi connectivity index (χ4n) is 1.53. The molecule has 0 spiro atoms. The van der Waals surface area contributed by atoms with Crippen molar-refractivity contribution >= 4 is 0 Å². The Morgan fingerprint density at radius 1 is 1.62 bits per heavy atom. The van der Waals surface area contributed by atoms with Gasteiger partial charge < -0.3 is 5.73 Å². The molecule has 0 bridgehead atoms. The van der Waals surface area contributed by atoms with Gasteiger partial charge in [-0.1, -0.05) is 0 Å². The Balaban J connectivity index is 2.44. The van der Waals surface area contributed by atoms with Crippen LogP contribution in [-0.2, 0) is 12.6 Å². The normalized spacial score (nSPS) is 30.5. The van der Waals surface area contributed by atoms with E-state index in [1.807, 2.05) is 0 Å². The third kappa shape index (κ3) is 0.934. The summed E-state index contributed by atoms with van der Waals surface area (Å²) in [6.45, 7) is 1.74. The van der Waals surface area contributed by atoms with E-state index >= 15 is 0 Å². The quantitative estimate of drug-likeness (QED) is 0.710. The second-order valence-corrected chi connectivity index (χ2v) is 3.62. The van der Waals surface area contributed by atoms with E-state index in [1.165, 1.54) is 6.20 Å². The van der Waals surface area contributed by atoms with Gasteiger partial charge in [0.15, 0.2) is 0 Å². The van der Waals surface area contributed by atoms with E-state index in [-0.39, 0.29) is 6.42 Å². The van der Waals surface area contributed by atoms with Crippen LogP contribution in [0.1, 0.15) is 17.7 Å².